The van der Waals surface area contributed by atoms with Crippen LogP contribution >= 0.6 is 12.2 Å². The van der Waals surface area contributed by atoms with Crippen molar-refractivity contribution in [3.8, 4) is 5.75 Å². The van der Waals surface area contributed by atoms with Crippen molar-refractivity contribution in [2.45, 2.75) is 31.8 Å². The summed E-state index contributed by atoms with van der Waals surface area (Å²) in [6, 6.07) is 6.94. The number of anilines is 1. The van der Waals surface area contributed by atoms with Gasteiger partial charge in [0.15, 0.2) is 0 Å². The number of rotatable bonds is 7. The maximum Gasteiger partial charge on any atom is 0.120 e. The van der Waals surface area contributed by atoms with Crippen LogP contribution in [0.1, 0.15) is 25.3 Å². The lowest BCUT2D eigenvalue weighted by atomic mass is 10.1. The minimum atomic E-state index is 0.401. The summed E-state index contributed by atoms with van der Waals surface area (Å²) in [4.78, 5) is 2.83. The van der Waals surface area contributed by atoms with Crippen LogP contribution < -0.4 is 15.8 Å². The van der Waals surface area contributed by atoms with Crippen LogP contribution in [0.5, 0.6) is 5.75 Å². The first-order chi connectivity index (χ1) is 9.52. The number of thiocarbonyl (C=S) groups is 1. The fourth-order valence-electron chi connectivity index (χ4n) is 2.25. The lowest BCUT2D eigenvalue weighted by Gasteiger charge is -2.25. The molecule has 0 saturated heterocycles. The number of likely N-dealkylation sites (N-methyl/N-ethyl adjacent to an activating group) is 1. The first kappa shape index (κ1) is 15.1. The number of ether oxygens (including phenoxy) is 1. The van der Waals surface area contributed by atoms with Crippen molar-refractivity contribution in [1.29, 1.82) is 0 Å². The Morgan fingerprint density at radius 1 is 1.55 bits per heavy atom. The van der Waals surface area contributed by atoms with Gasteiger partial charge in [-0.25, -0.2) is 0 Å². The van der Waals surface area contributed by atoms with Crippen LogP contribution in [0.3, 0.4) is 0 Å². The molecule has 3 N–H and O–H groups in total. The standard InChI is InChI=1S/C15H23N3OS/c1-10(18(2)11-4-5-11)9-17-14-8-12(19-3)6-7-13(14)15(16)20/h6-8,10-11,17H,4-5,9H2,1-3H3,(H2,16,20). The lowest BCUT2D eigenvalue weighted by molar-refractivity contribution is 0.257. The van der Waals surface area contributed by atoms with Crippen molar-refractivity contribution in [2.75, 3.05) is 26.0 Å². The fourth-order valence-corrected chi connectivity index (χ4v) is 2.43. The van der Waals surface area contributed by atoms with Crippen LogP contribution in [0.4, 0.5) is 5.69 Å². The van der Waals surface area contributed by atoms with E-state index >= 15 is 0 Å². The summed E-state index contributed by atoms with van der Waals surface area (Å²) in [7, 11) is 3.84. The van der Waals surface area contributed by atoms with Crippen molar-refractivity contribution in [2.24, 2.45) is 5.73 Å². The van der Waals surface area contributed by atoms with Crippen molar-refractivity contribution in [3.05, 3.63) is 23.8 Å². The molecule has 1 fully saturated rings. The molecule has 0 aliphatic heterocycles. The lowest BCUT2D eigenvalue weighted by Crippen LogP contribution is -2.36. The first-order valence-corrected chi connectivity index (χ1v) is 7.37. The molecule has 0 spiro atoms. The Morgan fingerprint density at radius 2 is 2.25 bits per heavy atom. The highest BCUT2D eigenvalue weighted by Crippen LogP contribution is 2.27. The summed E-state index contributed by atoms with van der Waals surface area (Å²) in [5.41, 5.74) is 7.57. The van der Waals surface area contributed by atoms with Gasteiger partial charge in [-0.3, -0.25) is 4.90 Å². The van der Waals surface area contributed by atoms with Gasteiger partial charge in [-0.2, -0.15) is 0 Å². The van der Waals surface area contributed by atoms with Crippen LogP contribution in [-0.2, 0) is 0 Å². The SMILES string of the molecule is COc1ccc(C(N)=S)c(NCC(C)N(C)C2CC2)c1. The van der Waals surface area contributed by atoms with Crippen LogP contribution in [-0.4, -0.2) is 42.7 Å². The van der Waals surface area contributed by atoms with E-state index in [0.29, 0.717) is 11.0 Å². The molecule has 0 radical (unpaired) electrons. The molecule has 1 aromatic rings. The van der Waals surface area contributed by atoms with E-state index in [1.54, 1.807) is 7.11 Å². The molecule has 2 rings (SSSR count). The second-order valence-electron chi connectivity index (χ2n) is 5.40. The zero-order valence-electron chi connectivity index (χ0n) is 12.3. The molecule has 4 nitrogen and oxygen atoms in total. The number of hydrogen-bond acceptors (Lipinski definition) is 4. The van der Waals surface area contributed by atoms with Crippen molar-refractivity contribution >= 4 is 22.9 Å². The predicted molar refractivity (Wildman–Crippen MR) is 87.6 cm³/mol. The Hall–Kier alpha value is -1.33. The topological polar surface area (TPSA) is 50.5 Å². The largest absolute Gasteiger partial charge is 0.497 e. The molecule has 1 aliphatic carbocycles. The number of hydrogen-bond donors (Lipinski definition) is 2. The van der Waals surface area contributed by atoms with Crippen LogP contribution in [0, 0.1) is 0 Å². The van der Waals surface area contributed by atoms with Crippen molar-refractivity contribution in [3.63, 3.8) is 0 Å². The van der Waals surface area contributed by atoms with Crippen molar-refractivity contribution < 1.29 is 4.74 Å². The quantitative estimate of drug-likeness (QED) is 0.755. The summed E-state index contributed by atoms with van der Waals surface area (Å²) < 4.78 is 5.26. The predicted octanol–water partition coefficient (Wildman–Crippen LogP) is 2.22. The Labute approximate surface area is 126 Å². The molecular formula is C15H23N3OS. The number of nitrogens with two attached hydrogens (primary N) is 1. The molecule has 1 aliphatic rings. The van der Waals surface area contributed by atoms with Crippen LogP contribution in [0.2, 0.25) is 0 Å². The second kappa shape index (κ2) is 6.41. The average molecular weight is 293 g/mol. The van der Waals surface area contributed by atoms with Gasteiger partial charge < -0.3 is 15.8 Å². The van der Waals surface area contributed by atoms with E-state index in [-0.39, 0.29) is 0 Å². The third-order valence-electron chi connectivity index (χ3n) is 3.90. The van der Waals surface area contributed by atoms with Crippen LogP contribution in [0.25, 0.3) is 0 Å². The molecule has 0 heterocycles. The molecule has 1 saturated carbocycles. The van der Waals surface area contributed by atoms with Gasteiger partial charge >= 0.3 is 0 Å². The van der Waals surface area contributed by atoms with Gasteiger partial charge in [-0.1, -0.05) is 12.2 Å². The maximum absolute atomic E-state index is 5.77. The molecular weight excluding hydrogens is 270 g/mol. The van der Waals surface area contributed by atoms with Gasteiger partial charge in [-0.15, -0.1) is 0 Å². The third kappa shape index (κ3) is 3.61. The summed E-state index contributed by atoms with van der Waals surface area (Å²) in [6.45, 7) is 3.09. The normalized spacial score (nSPS) is 16.0. The third-order valence-corrected chi connectivity index (χ3v) is 4.12. The van der Waals surface area contributed by atoms with Gasteiger partial charge in [0.1, 0.15) is 10.7 Å². The Balaban J connectivity index is 2.04. The highest BCUT2D eigenvalue weighted by molar-refractivity contribution is 7.80. The average Bonchev–Trinajstić information content (AvgIpc) is 3.27. The van der Waals surface area contributed by atoms with Crippen molar-refractivity contribution in [1.82, 2.24) is 4.90 Å². The molecule has 110 valence electrons. The first-order valence-electron chi connectivity index (χ1n) is 6.96. The smallest absolute Gasteiger partial charge is 0.120 e. The Bertz CT molecular complexity index is 488. The number of methoxy groups -OCH3 is 1. The monoisotopic (exact) mass is 293 g/mol. The fraction of sp³-hybridized carbons (Fsp3) is 0.533. The van der Waals surface area contributed by atoms with Crippen LogP contribution in [0.15, 0.2) is 18.2 Å². The Morgan fingerprint density at radius 3 is 2.80 bits per heavy atom. The number of benzene rings is 1. The molecule has 0 aromatic heterocycles. The minimum Gasteiger partial charge on any atom is -0.497 e. The molecule has 5 heteroatoms. The minimum absolute atomic E-state index is 0.401. The van der Waals surface area contributed by atoms with Gasteiger partial charge in [0.05, 0.1) is 7.11 Å². The molecule has 0 amide bonds. The van der Waals surface area contributed by atoms with Gasteiger partial charge in [0.2, 0.25) is 0 Å². The zero-order valence-corrected chi connectivity index (χ0v) is 13.2. The summed E-state index contributed by atoms with van der Waals surface area (Å²) in [5, 5.41) is 3.44. The highest BCUT2D eigenvalue weighted by atomic mass is 32.1. The van der Waals surface area contributed by atoms with E-state index in [4.69, 9.17) is 22.7 Å². The second-order valence-corrected chi connectivity index (χ2v) is 5.84. The van der Waals surface area contributed by atoms with Gasteiger partial charge in [0.25, 0.3) is 0 Å². The summed E-state index contributed by atoms with van der Waals surface area (Å²) >= 11 is 5.10. The van der Waals surface area contributed by atoms with Gasteiger partial charge in [0, 0.05) is 35.9 Å². The molecule has 0 bridgehead atoms. The van der Waals surface area contributed by atoms with E-state index in [1.807, 2.05) is 18.2 Å². The number of nitrogens with zero attached hydrogens (tertiary/aromatic N) is 1. The molecule has 1 unspecified atom stereocenters. The van der Waals surface area contributed by atoms with Gasteiger partial charge in [-0.05, 0) is 38.9 Å². The van der Waals surface area contributed by atoms with E-state index in [9.17, 15) is 0 Å². The summed E-state index contributed by atoms with van der Waals surface area (Å²) in [6.07, 6.45) is 2.64. The zero-order chi connectivity index (χ0) is 14.7. The van der Waals surface area contributed by atoms with E-state index in [1.165, 1.54) is 12.8 Å². The highest BCUT2D eigenvalue weighted by Gasteiger charge is 2.28. The molecule has 1 atom stereocenters. The Kier molecular flexibility index (Phi) is 4.83. The number of nitrogens with one attached hydrogen (secondary N) is 1. The maximum atomic E-state index is 5.77. The van der Waals surface area contributed by atoms with E-state index in [0.717, 1.165) is 29.6 Å². The van der Waals surface area contributed by atoms with E-state index in [2.05, 4.69) is 24.2 Å². The molecule has 20 heavy (non-hydrogen) atoms. The molecule has 1 aromatic carbocycles. The van der Waals surface area contributed by atoms with E-state index < -0.39 is 0 Å². The summed E-state index contributed by atoms with van der Waals surface area (Å²) in [5.74, 6) is 0.802.